The van der Waals surface area contributed by atoms with Crippen LogP contribution in [-0.2, 0) is 14.3 Å². The smallest absolute Gasteiger partial charge is 0.302 e. The molecule has 3 heteroatoms. The molecule has 26 heavy (non-hydrogen) atoms. The van der Waals surface area contributed by atoms with Gasteiger partial charge in [-0.2, -0.15) is 0 Å². The van der Waals surface area contributed by atoms with Gasteiger partial charge in [0.1, 0.15) is 6.61 Å². The predicted octanol–water partition coefficient (Wildman–Crippen LogP) is 5.37. The first-order valence-corrected chi connectivity index (χ1v) is 11.2. The molecule has 0 unspecified atom stereocenters. The third-order valence-corrected chi connectivity index (χ3v) is 9.14. The Bertz CT molecular complexity index is 532. The van der Waals surface area contributed by atoms with Crippen molar-refractivity contribution >= 4 is 5.97 Å². The van der Waals surface area contributed by atoms with Crippen molar-refractivity contribution in [2.24, 2.45) is 34.5 Å². The quantitative estimate of drug-likeness (QED) is 0.498. The summed E-state index contributed by atoms with van der Waals surface area (Å²) >= 11 is 0. The van der Waals surface area contributed by atoms with Crippen LogP contribution in [0.3, 0.4) is 0 Å². The maximum atomic E-state index is 10.9. The van der Waals surface area contributed by atoms with Gasteiger partial charge in [0.05, 0.1) is 12.7 Å². The number of esters is 1. The van der Waals surface area contributed by atoms with Crippen LogP contribution in [0.1, 0.15) is 85.0 Å². The Balaban J connectivity index is 1.37. The number of rotatable bonds is 4. The van der Waals surface area contributed by atoms with Crippen LogP contribution in [0.25, 0.3) is 0 Å². The maximum absolute atomic E-state index is 10.9. The minimum atomic E-state index is -0.209. The van der Waals surface area contributed by atoms with E-state index in [9.17, 15) is 4.79 Å². The van der Waals surface area contributed by atoms with Crippen LogP contribution in [0.4, 0.5) is 0 Å². The molecule has 0 N–H and O–H groups in total. The van der Waals surface area contributed by atoms with E-state index in [1.165, 1.54) is 71.1 Å². The van der Waals surface area contributed by atoms with Crippen LogP contribution < -0.4 is 0 Å². The van der Waals surface area contributed by atoms with Crippen molar-refractivity contribution in [2.45, 2.75) is 91.1 Å². The number of carbonyl (C=O) groups is 1. The van der Waals surface area contributed by atoms with Gasteiger partial charge in [0.15, 0.2) is 0 Å². The first kappa shape index (κ1) is 18.8. The van der Waals surface area contributed by atoms with E-state index in [0.29, 0.717) is 30.1 Å². The number of hydrogen-bond acceptors (Lipinski definition) is 3. The summed E-state index contributed by atoms with van der Waals surface area (Å²) in [7, 11) is 0. The van der Waals surface area contributed by atoms with Crippen molar-refractivity contribution in [2.75, 3.05) is 13.2 Å². The molecule has 0 aromatic carbocycles. The summed E-state index contributed by atoms with van der Waals surface area (Å²) in [6, 6.07) is 0. The van der Waals surface area contributed by atoms with Crippen LogP contribution >= 0.6 is 0 Å². The normalized spacial score (nSPS) is 47.6. The molecule has 4 saturated carbocycles. The average Bonchev–Trinajstić information content (AvgIpc) is 3.00. The molecule has 0 aromatic heterocycles. The molecule has 0 bridgehead atoms. The lowest BCUT2D eigenvalue weighted by atomic mass is 9.45. The standard InChI is InChI=1S/C23H38O3/c1-16(24)25-13-14-26-18-8-12-23(3)17(15-18)6-7-19-20-5-4-10-22(20,2)11-9-21(19)23/h17-21H,4-15H2,1-3H3/t17-,18+,19-,20-,21-,22-,23-/m0/s1. The van der Waals surface area contributed by atoms with E-state index in [0.717, 1.165) is 23.7 Å². The second kappa shape index (κ2) is 7.11. The number of hydrogen-bond donors (Lipinski definition) is 0. The molecule has 0 spiro atoms. The van der Waals surface area contributed by atoms with Crippen LogP contribution in [0.5, 0.6) is 0 Å². The summed E-state index contributed by atoms with van der Waals surface area (Å²) < 4.78 is 11.1. The lowest BCUT2D eigenvalue weighted by Gasteiger charge is -2.60. The van der Waals surface area contributed by atoms with Gasteiger partial charge >= 0.3 is 5.97 Å². The SMILES string of the molecule is CC(=O)OCCO[C@@H]1CC[C@@]2(C)[C@@H](CC[C@H]3[C@@H]4CCC[C@@]4(C)CC[C@@H]32)C1. The highest BCUT2D eigenvalue weighted by atomic mass is 16.6. The maximum Gasteiger partial charge on any atom is 0.302 e. The molecule has 4 fully saturated rings. The van der Waals surface area contributed by atoms with Gasteiger partial charge in [0, 0.05) is 6.92 Å². The summed E-state index contributed by atoms with van der Waals surface area (Å²) in [5, 5.41) is 0. The molecule has 0 amide bonds. The largest absolute Gasteiger partial charge is 0.463 e. The minimum absolute atomic E-state index is 0.209. The molecular weight excluding hydrogens is 324 g/mol. The number of ether oxygens (including phenoxy) is 2. The molecule has 0 saturated heterocycles. The van der Waals surface area contributed by atoms with Crippen LogP contribution in [0, 0.1) is 34.5 Å². The monoisotopic (exact) mass is 362 g/mol. The van der Waals surface area contributed by atoms with Crippen molar-refractivity contribution < 1.29 is 14.3 Å². The van der Waals surface area contributed by atoms with Crippen molar-refractivity contribution in [3.63, 3.8) is 0 Å². The fourth-order valence-corrected chi connectivity index (χ4v) is 7.76. The first-order valence-electron chi connectivity index (χ1n) is 11.2. The molecule has 4 aliphatic rings. The number of fused-ring (bicyclic) bond motifs is 5. The molecular formula is C23H38O3. The van der Waals surface area contributed by atoms with E-state index >= 15 is 0 Å². The van der Waals surface area contributed by atoms with Gasteiger partial charge in [0.25, 0.3) is 0 Å². The summed E-state index contributed by atoms with van der Waals surface area (Å²) in [6.45, 7) is 7.65. The van der Waals surface area contributed by atoms with Gasteiger partial charge in [-0.3, -0.25) is 4.79 Å². The van der Waals surface area contributed by atoms with Gasteiger partial charge in [-0.25, -0.2) is 0 Å². The van der Waals surface area contributed by atoms with Gasteiger partial charge in [-0.15, -0.1) is 0 Å². The van der Waals surface area contributed by atoms with E-state index in [1.54, 1.807) is 0 Å². The summed E-state index contributed by atoms with van der Waals surface area (Å²) in [5.74, 6) is 3.59. The Labute approximate surface area is 159 Å². The predicted molar refractivity (Wildman–Crippen MR) is 103 cm³/mol. The van der Waals surface area contributed by atoms with Gasteiger partial charge < -0.3 is 9.47 Å². The summed E-state index contributed by atoms with van der Waals surface area (Å²) in [5.41, 5.74) is 1.21. The van der Waals surface area contributed by atoms with Crippen molar-refractivity contribution in [1.82, 2.24) is 0 Å². The third kappa shape index (κ3) is 3.23. The second-order valence-electron chi connectivity index (χ2n) is 10.3. The molecule has 3 nitrogen and oxygen atoms in total. The molecule has 4 aliphatic carbocycles. The second-order valence-corrected chi connectivity index (χ2v) is 10.3. The fourth-order valence-electron chi connectivity index (χ4n) is 7.76. The molecule has 0 heterocycles. The van der Waals surface area contributed by atoms with Crippen LogP contribution in [-0.4, -0.2) is 25.3 Å². The molecule has 148 valence electrons. The molecule has 0 aliphatic heterocycles. The Morgan fingerprint density at radius 3 is 2.62 bits per heavy atom. The van der Waals surface area contributed by atoms with Gasteiger partial charge in [-0.1, -0.05) is 20.3 Å². The Hall–Kier alpha value is -0.570. The Morgan fingerprint density at radius 1 is 0.962 bits per heavy atom. The van der Waals surface area contributed by atoms with E-state index in [1.807, 2.05) is 0 Å². The highest BCUT2D eigenvalue weighted by molar-refractivity contribution is 5.65. The molecule has 0 radical (unpaired) electrons. The summed E-state index contributed by atoms with van der Waals surface area (Å²) in [4.78, 5) is 10.9. The lowest BCUT2D eigenvalue weighted by Crippen LogP contribution is -2.53. The first-order chi connectivity index (χ1) is 12.4. The van der Waals surface area contributed by atoms with Crippen molar-refractivity contribution in [1.29, 1.82) is 0 Å². The molecule has 4 rings (SSSR count). The average molecular weight is 363 g/mol. The van der Waals surface area contributed by atoms with E-state index in [4.69, 9.17) is 9.47 Å². The molecule has 7 atom stereocenters. The Kier molecular flexibility index (Phi) is 5.14. The van der Waals surface area contributed by atoms with Gasteiger partial charge in [0.2, 0.25) is 0 Å². The molecule has 0 aromatic rings. The van der Waals surface area contributed by atoms with Crippen molar-refractivity contribution in [3.05, 3.63) is 0 Å². The zero-order valence-electron chi connectivity index (χ0n) is 17.1. The third-order valence-electron chi connectivity index (χ3n) is 9.14. The van der Waals surface area contributed by atoms with E-state index in [2.05, 4.69) is 13.8 Å². The van der Waals surface area contributed by atoms with Crippen LogP contribution in [0.15, 0.2) is 0 Å². The highest BCUT2D eigenvalue weighted by Crippen LogP contribution is 2.66. The van der Waals surface area contributed by atoms with E-state index in [-0.39, 0.29) is 5.97 Å². The summed E-state index contributed by atoms with van der Waals surface area (Å²) in [6.07, 6.45) is 14.4. The number of carbonyl (C=O) groups excluding carboxylic acids is 1. The van der Waals surface area contributed by atoms with Crippen LogP contribution in [0.2, 0.25) is 0 Å². The highest BCUT2D eigenvalue weighted by Gasteiger charge is 2.57. The minimum Gasteiger partial charge on any atom is -0.463 e. The topological polar surface area (TPSA) is 35.5 Å². The fraction of sp³-hybridized carbons (Fsp3) is 0.957. The zero-order chi connectivity index (χ0) is 18.4. The zero-order valence-corrected chi connectivity index (χ0v) is 17.1. The van der Waals surface area contributed by atoms with Crippen molar-refractivity contribution in [3.8, 4) is 0 Å². The Morgan fingerprint density at radius 2 is 1.81 bits per heavy atom. The lowest BCUT2D eigenvalue weighted by molar-refractivity contribution is -0.147. The van der Waals surface area contributed by atoms with Gasteiger partial charge in [-0.05, 0) is 92.3 Å². The van der Waals surface area contributed by atoms with E-state index < -0.39 is 0 Å².